The van der Waals surface area contributed by atoms with E-state index in [1.54, 1.807) is 0 Å². The highest BCUT2D eigenvalue weighted by atomic mass is 127. The quantitative estimate of drug-likeness (QED) is 0.357. The van der Waals surface area contributed by atoms with E-state index >= 15 is 0 Å². The molecule has 0 nitrogen and oxygen atoms in total. The summed E-state index contributed by atoms with van der Waals surface area (Å²) in [4.78, 5) is 0. The third-order valence-corrected chi connectivity index (χ3v) is 3.77. The lowest BCUT2D eigenvalue weighted by atomic mass is 10.1. The number of allylic oxidation sites excluding steroid dienone is 1. The van der Waals surface area contributed by atoms with E-state index in [-0.39, 0.29) is 0 Å². The largest absolute Gasteiger partial charge is 0.103 e. The van der Waals surface area contributed by atoms with Crippen LogP contribution in [-0.2, 0) is 0 Å². The molecule has 0 aliphatic carbocycles. The zero-order valence-corrected chi connectivity index (χ0v) is 11.4. The van der Waals surface area contributed by atoms with Crippen LogP contribution in [0.3, 0.4) is 0 Å². The fourth-order valence-corrected chi connectivity index (χ4v) is 2.26. The number of rotatable bonds is 6. The first-order valence-electron chi connectivity index (χ1n) is 4.11. The van der Waals surface area contributed by atoms with Gasteiger partial charge in [0, 0.05) is 0 Å². The van der Waals surface area contributed by atoms with Crippen molar-refractivity contribution in [3.8, 4) is 0 Å². The zero-order chi connectivity index (χ0) is 8.74. The summed E-state index contributed by atoms with van der Waals surface area (Å²) in [5.74, 6) is 0. The molecule has 2 heteroatoms. The molecule has 0 rings (SSSR count). The van der Waals surface area contributed by atoms with Crippen LogP contribution < -0.4 is 0 Å². The van der Waals surface area contributed by atoms with E-state index < -0.39 is 0 Å². The first-order chi connectivity index (χ1) is 5.12. The molecule has 0 heterocycles. The number of hydrogen-bond donors (Lipinski definition) is 0. The fraction of sp³-hybridized carbons (Fsp3) is 0.778. The van der Waals surface area contributed by atoms with Crippen molar-refractivity contribution in [1.82, 2.24) is 0 Å². The van der Waals surface area contributed by atoms with Crippen molar-refractivity contribution in [3.63, 3.8) is 0 Å². The van der Waals surface area contributed by atoms with Crippen LogP contribution in [0, 0.1) is 0 Å². The highest BCUT2D eigenvalue weighted by molar-refractivity contribution is 14.2. The molecule has 0 fully saturated rings. The normalized spacial score (nSPS) is 11.5. The molecule has 11 heavy (non-hydrogen) atoms. The molecule has 0 bridgehead atoms. The van der Waals surface area contributed by atoms with E-state index in [0.29, 0.717) is 1.43 Å². The fourth-order valence-electron chi connectivity index (χ4n) is 0.874. The maximum absolute atomic E-state index is 3.74. The van der Waals surface area contributed by atoms with E-state index in [1.807, 2.05) is 6.08 Å². The van der Waals surface area contributed by atoms with Crippen LogP contribution in [0.1, 0.15) is 39.0 Å². The first-order valence-corrected chi connectivity index (χ1v) is 6.27. The van der Waals surface area contributed by atoms with Gasteiger partial charge < -0.3 is 0 Å². The Morgan fingerprint density at radius 3 is 2.45 bits per heavy atom. The molecular weight excluding hydrogens is 362 g/mol. The average molecular weight is 378 g/mol. The van der Waals surface area contributed by atoms with Crippen LogP contribution >= 0.6 is 45.2 Å². The summed E-state index contributed by atoms with van der Waals surface area (Å²) in [6.07, 6.45) is 8.41. The van der Waals surface area contributed by atoms with Gasteiger partial charge >= 0.3 is 0 Å². The van der Waals surface area contributed by atoms with Crippen molar-refractivity contribution in [2.24, 2.45) is 0 Å². The monoisotopic (exact) mass is 378 g/mol. The van der Waals surface area contributed by atoms with Crippen molar-refractivity contribution in [3.05, 3.63) is 12.7 Å². The van der Waals surface area contributed by atoms with E-state index in [9.17, 15) is 0 Å². The van der Waals surface area contributed by atoms with Gasteiger partial charge in [-0.25, -0.2) is 0 Å². The summed E-state index contributed by atoms with van der Waals surface area (Å²) < 4.78 is 0.472. The van der Waals surface area contributed by atoms with Gasteiger partial charge in [0.1, 0.15) is 0 Å². The van der Waals surface area contributed by atoms with Gasteiger partial charge in [-0.3, -0.25) is 0 Å². The topological polar surface area (TPSA) is 0 Å². The van der Waals surface area contributed by atoms with Gasteiger partial charge in [0.05, 0.1) is 1.43 Å². The van der Waals surface area contributed by atoms with Crippen molar-refractivity contribution < 1.29 is 0 Å². The summed E-state index contributed by atoms with van der Waals surface area (Å²) in [5.41, 5.74) is 0. The third kappa shape index (κ3) is 7.56. The Morgan fingerprint density at radius 2 is 2.00 bits per heavy atom. The Balaban J connectivity index is 3.51. The minimum Gasteiger partial charge on any atom is -0.103 e. The number of alkyl halides is 2. The SMILES string of the molecule is C=CCCC(I)(I)CCCC. The highest BCUT2D eigenvalue weighted by Gasteiger charge is 2.19. The van der Waals surface area contributed by atoms with E-state index in [0.717, 1.165) is 6.42 Å². The summed E-state index contributed by atoms with van der Waals surface area (Å²) in [6.45, 7) is 5.98. The van der Waals surface area contributed by atoms with Crippen LogP contribution in [0.4, 0.5) is 0 Å². The molecule has 0 spiro atoms. The summed E-state index contributed by atoms with van der Waals surface area (Å²) in [5, 5.41) is 0. The minimum absolute atomic E-state index is 0.472. The van der Waals surface area contributed by atoms with Gasteiger partial charge in [0.2, 0.25) is 0 Å². The van der Waals surface area contributed by atoms with Crippen LogP contribution in [0.25, 0.3) is 0 Å². The summed E-state index contributed by atoms with van der Waals surface area (Å²) in [6, 6.07) is 0. The Kier molecular flexibility index (Phi) is 7.42. The third-order valence-electron chi connectivity index (χ3n) is 1.61. The Hall–Kier alpha value is 1.20. The van der Waals surface area contributed by atoms with E-state index in [2.05, 4.69) is 58.7 Å². The van der Waals surface area contributed by atoms with E-state index in [1.165, 1.54) is 25.7 Å². The number of unbranched alkanes of at least 4 members (excludes halogenated alkanes) is 1. The molecule has 66 valence electrons. The molecule has 0 aromatic heterocycles. The standard InChI is InChI=1S/C9H16I2/c1-3-5-7-9(10,11)8-6-4-2/h3H,1,4-8H2,2H3. The van der Waals surface area contributed by atoms with Crippen molar-refractivity contribution in [1.29, 1.82) is 0 Å². The van der Waals surface area contributed by atoms with Crippen LogP contribution in [0.5, 0.6) is 0 Å². The molecule has 0 N–H and O–H groups in total. The lowest BCUT2D eigenvalue weighted by molar-refractivity contribution is 0.654. The lowest BCUT2D eigenvalue weighted by Gasteiger charge is -2.18. The molecular formula is C9H16I2. The molecule has 0 unspecified atom stereocenters. The minimum atomic E-state index is 0.472. The van der Waals surface area contributed by atoms with Crippen molar-refractivity contribution >= 4 is 45.2 Å². The average Bonchev–Trinajstić information content (AvgIpc) is 1.97. The van der Waals surface area contributed by atoms with Gasteiger partial charge in [0.15, 0.2) is 0 Å². The Bertz CT molecular complexity index is 108. The zero-order valence-electron chi connectivity index (χ0n) is 7.08. The summed E-state index contributed by atoms with van der Waals surface area (Å²) in [7, 11) is 0. The van der Waals surface area contributed by atoms with Crippen LogP contribution in [0.15, 0.2) is 12.7 Å². The number of halogens is 2. The molecule has 0 saturated heterocycles. The van der Waals surface area contributed by atoms with E-state index in [4.69, 9.17) is 0 Å². The predicted octanol–water partition coefficient (Wildman–Crippen LogP) is 4.71. The second kappa shape index (κ2) is 6.69. The van der Waals surface area contributed by atoms with Gasteiger partial charge in [-0.05, 0) is 19.3 Å². The van der Waals surface area contributed by atoms with Gasteiger partial charge in [-0.1, -0.05) is 71.0 Å². The smallest absolute Gasteiger partial charge is 0.0737 e. The van der Waals surface area contributed by atoms with Gasteiger partial charge in [-0.2, -0.15) is 0 Å². The molecule has 0 radical (unpaired) electrons. The first kappa shape index (κ1) is 12.2. The lowest BCUT2D eigenvalue weighted by Crippen LogP contribution is -2.09. The highest BCUT2D eigenvalue weighted by Crippen LogP contribution is 2.37. The Labute approximate surface area is 97.5 Å². The molecule has 0 aromatic rings. The van der Waals surface area contributed by atoms with Gasteiger partial charge in [0.25, 0.3) is 0 Å². The van der Waals surface area contributed by atoms with Crippen LogP contribution in [0.2, 0.25) is 0 Å². The second-order valence-corrected chi connectivity index (χ2v) is 8.98. The van der Waals surface area contributed by atoms with Crippen molar-refractivity contribution in [2.45, 2.75) is 40.5 Å². The molecule has 0 saturated carbocycles. The summed E-state index contributed by atoms with van der Waals surface area (Å²) >= 11 is 5.12. The molecule has 0 amide bonds. The second-order valence-electron chi connectivity index (χ2n) is 2.79. The molecule has 0 atom stereocenters. The predicted molar refractivity (Wildman–Crippen MR) is 69.7 cm³/mol. The molecule has 0 aromatic carbocycles. The maximum Gasteiger partial charge on any atom is 0.0737 e. The van der Waals surface area contributed by atoms with Gasteiger partial charge in [-0.15, -0.1) is 6.58 Å². The molecule has 0 aliphatic heterocycles. The number of hydrogen-bond acceptors (Lipinski definition) is 0. The van der Waals surface area contributed by atoms with Crippen molar-refractivity contribution in [2.75, 3.05) is 0 Å². The van der Waals surface area contributed by atoms with Crippen LogP contribution in [-0.4, -0.2) is 1.43 Å². The maximum atomic E-state index is 3.74. The Morgan fingerprint density at radius 1 is 1.36 bits per heavy atom. The molecule has 0 aliphatic rings.